The van der Waals surface area contributed by atoms with Crippen LogP contribution in [0.15, 0.2) is 42.7 Å². The van der Waals surface area contributed by atoms with Crippen molar-refractivity contribution < 1.29 is 0 Å². The molecule has 2 rings (SSSR count). The van der Waals surface area contributed by atoms with Gasteiger partial charge in [0, 0.05) is 37.2 Å². The first-order valence-corrected chi connectivity index (χ1v) is 6.27. The van der Waals surface area contributed by atoms with Crippen LogP contribution in [0.25, 0.3) is 0 Å². The van der Waals surface area contributed by atoms with Gasteiger partial charge in [-0.3, -0.25) is 4.98 Å². The van der Waals surface area contributed by atoms with E-state index in [1.807, 2.05) is 37.2 Å². The third-order valence-electron chi connectivity index (χ3n) is 2.73. The van der Waals surface area contributed by atoms with Gasteiger partial charge >= 0.3 is 0 Å². The second-order valence-electron chi connectivity index (χ2n) is 4.36. The standard InChI is InChI=1S/C14H16N4S/c1-18(2)11-5-3-4-10(8-11)17-13-9-16-7-6-12(13)14(15)19/h3-9,17H,1-2H3,(H2,15,19). The first-order valence-electron chi connectivity index (χ1n) is 5.86. The summed E-state index contributed by atoms with van der Waals surface area (Å²) in [5, 5.41) is 3.29. The highest BCUT2D eigenvalue weighted by Gasteiger charge is 2.05. The lowest BCUT2D eigenvalue weighted by Crippen LogP contribution is -2.12. The topological polar surface area (TPSA) is 54.2 Å². The summed E-state index contributed by atoms with van der Waals surface area (Å²) in [6, 6.07) is 9.89. The van der Waals surface area contributed by atoms with Crippen molar-refractivity contribution in [3.63, 3.8) is 0 Å². The highest BCUT2D eigenvalue weighted by atomic mass is 32.1. The molecule has 98 valence electrons. The maximum atomic E-state index is 5.70. The molecule has 0 bridgehead atoms. The van der Waals surface area contributed by atoms with Crippen molar-refractivity contribution in [1.29, 1.82) is 0 Å². The molecule has 0 radical (unpaired) electrons. The van der Waals surface area contributed by atoms with Crippen LogP contribution in [-0.4, -0.2) is 24.1 Å². The number of hydrogen-bond donors (Lipinski definition) is 2. The van der Waals surface area contributed by atoms with Crippen molar-refractivity contribution >= 4 is 34.3 Å². The van der Waals surface area contributed by atoms with Crippen LogP contribution in [0.2, 0.25) is 0 Å². The fourth-order valence-corrected chi connectivity index (χ4v) is 1.90. The average Bonchev–Trinajstić information content (AvgIpc) is 2.39. The summed E-state index contributed by atoms with van der Waals surface area (Å²) in [4.78, 5) is 6.49. The van der Waals surface area contributed by atoms with Crippen LogP contribution in [0.3, 0.4) is 0 Å². The Balaban J connectivity index is 2.31. The number of benzene rings is 1. The van der Waals surface area contributed by atoms with Gasteiger partial charge in [-0.25, -0.2) is 0 Å². The molecule has 1 aromatic carbocycles. The Kier molecular flexibility index (Phi) is 3.97. The molecule has 0 aliphatic heterocycles. The predicted octanol–water partition coefficient (Wildman–Crippen LogP) is 2.53. The number of rotatable bonds is 4. The van der Waals surface area contributed by atoms with Crippen molar-refractivity contribution in [3.8, 4) is 0 Å². The zero-order chi connectivity index (χ0) is 13.8. The largest absolute Gasteiger partial charge is 0.389 e. The summed E-state index contributed by atoms with van der Waals surface area (Å²) < 4.78 is 0. The molecule has 1 aromatic heterocycles. The van der Waals surface area contributed by atoms with Crippen LogP contribution < -0.4 is 16.0 Å². The van der Waals surface area contributed by atoms with Gasteiger partial charge < -0.3 is 16.0 Å². The third kappa shape index (κ3) is 3.20. The number of aromatic nitrogens is 1. The van der Waals surface area contributed by atoms with Crippen LogP contribution >= 0.6 is 12.2 Å². The zero-order valence-electron chi connectivity index (χ0n) is 10.9. The molecular weight excluding hydrogens is 256 g/mol. The van der Waals surface area contributed by atoms with Gasteiger partial charge in [-0.05, 0) is 24.3 Å². The fraction of sp³-hybridized carbons (Fsp3) is 0.143. The van der Waals surface area contributed by atoms with E-state index in [0.717, 1.165) is 22.6 Å². The molecule has 0 atom stereocenters. The molecule has 0 saturated heterocycles. The maximum absolute atomic E-state index is 5.70. The lowest BCUT2D eigenvalue weighted by molar-refractivity contribution is 1.13. The van der Waals surface area contributed by atoms with E-state index < -0.39 is 0 Å². The van der Waals surface area contributed by atoms with Crippen LogP contribution in [-0.2, 0) is 0 Å². The van der Waals surface area contributed by atoms with Crippen molar-refractivity contribution in [2.75, 3.05) is 24.3 Å². The fourth-order valence-electron chi connectivity index (χ4n) is 1.73. The van der Waals surface area contributed by atoms with E-state index in [0.29, 0.717) is 4.99 Å². The molecule has 0 spiro atoms. The number of pyridine rings is 1. The summed E-state index contributed by atoms with van der Waals surface area (Å²) in [7, 11) is 4.01. The molecule has 19 heavy (non-hydrogen) atoms. The third-order valence-corrected chi connectivity index (χ3v) is 2.95. The van der Waals surface area contributed by atoms with E-state index in [2.05, 4.69) is 16.4 Å². The molecular formula is C14H16N4S. The summed E-state index contributed by atoms with van der Waals surface area (Å²) in [6.45, 7) is 0. The van der Waals surface area contributed by atoms with Crippen LogP contribution in [0.5, 0.6) is 0 Å². The van der Waals surface area contributed by atoms with Gasteiger partial charge in [-0.1, -0.05) is 18.3 Å². The number of nitrogens with zero attached hydrogens (tertiary/aromatic N) is 2. The zero-order valence-corrected chi connectivity index (χ0v) is 11.7. The smallest absolute Gasteiger partial charge is 0.106 e. The van der Waals surface area contributed by atoms with E-state index >= 15 is 0 Å². The van der Waals surface area contributed by atoms with Gasteiger partial charge in [-0.2, -0.15) is 0 Å². The minimum absolute atomic E-state index is 0.355. The molecule has 5 heteroatoms. The van der Waals surface area contributed by atoms with E-state index in [1.165, 1.54) is 0 Å². The highest BCUT2D eigenvalue weighted by molar-refractivity contribution is 7.80. The molecule has 0 aliphatic carbocycles. The number of hydrogen-bond acceptors (Lipinski definition) is 4. The van der Waals surface area contributed by atoms with Gasteiger partial charge in [0.15, 0.2) is 0 Å². The first kappa shape index (κ1) is 13.3. The Labute approximate surface area is 118 Å². The van der Waals surface area contributed by atoms with E-state index in [4.69, 9.17) is 18.0 Å². The quantitative estimate of drug-likeness (QED) is 0.838. The van der Waals surface area contributed by atoms with Gasteiger partial charge in [0.2, 0.25) is 0 Å². The van der Waals surface area contributed by atoms with Crippen molar-refractivity contribution in [1.82, 2.24) is 4.98 Å². The van der Waals surface area contributed by atoms with Crippen LogP contribution in [0, 0.1) is 0 Å². The van der Waals surface area contributed by atoms with E-state index in [9.17, 15) is 0 Å². The lowest BCUT2D eigenvalue weighted by atomic mass is 10.2. The number of anilines is 3. The van der Waals surface area contributed by atoms with Gasteiger partial charge in [0.1, 0.15) is 4.99 Å². The minimum atomic E-state index is 0.355. The number of nitrogens with one attached hydrogen (secondary N) is 1. The van der Waals surface area contributed by atoms with Gasteiger partial charge in [0.05, 0.1) is 11.9 Å². The van der Waals surface area contributed by atoms with Crippen LogP contribution in [0.1, 0.15) is 5.56 Å². The molecule has 2 aromatic rings. The molecule has 0 unspecified atom stereocenters. The average molecular weight is 272 g/mol. The maximum Gasteiger partial charge on any atom is 0.106 e. The van der Waals surface area contributed by atoms with Crippen molar-refractivity contribution in [3.05, 3.63) is 48.3 Å². The van der Waals surface area contributed by atoms with Gasteiger partial charge in [0.25, 0.3) is 0 Å². The van der Waals surface area contributed by atoms with E-state index in [1.54, 1.807) is 18.5 Å². The van der Waals surface area contributed by atoms with Crippen molar-refractivity contribution in [2.24, 2.45) is 5.73 Å². The molecule has 0 aliphatic rings. The number of thiocarbonyl (C=S) groups is 1. The van der Waals surface area contributed by atoms with E-state index in [-0.39, 0.29) is 0 Å². The lowest BCUT2D eigenvalue weighted by Gasteiger charge is -2.15. The Morgan fingerprint density at radius 2 is 2.11 bits per heavy atom. The van der Waals surface area contributed by atoms with Crippen molar-refractivity contribution in [2.45, 2.75) is 0 Å². The Bertz CT molecular complexity index is 596. The molecule has 0 amide bonds. The monoisotopic (exact) mass is 272 g/mol. The number of nitrogens with two attached hydrogens (primary N) is 1. The molecule has 0 saturated carbocycles. The van der Waals surface area contributed by atoms with Crippen LogP contribution in [0.4, 0.5) is 17.1 Å². The summed E-state index contributed by atoms with van der Waals surface area (Å²) in [5.41, 5.74) is 9.39. The Morgan fingerprint density at radius 1 is 1.32 bits per heavy atom. The summed E-state index contributed by atoms with van der Waals surface area (Å²) in [6.07, 6.45) is 3.40. The normalized spacial score (nSPS) is 10.0. The molecule has 1 heterocycles. The Morgan fingerprint density at radius 3 is 2.79 bits per heavy atom. The highest BCUT2D eigenvalue weighted by Crippen LogP contribution is 2.23. The van der Waals surface area contributed by atoms with Gasteiger partial charge in [-0.15, -0.1) is 0 Å². The summed E-state index contributed by atoms with van der Waals surface area (Å²) in [5.74, 6) is 0. The molecule has 3 N–H and O–H groups in total. The summed E-state index contributed by atoms with van der Waals surface area (Å²) >= 11 is 5.03. The Hall–Kier alpha value is -2.14. The molecule has 0 fully saturated rings. The second-order valence-corrected chi connectivity index (χ2v) is 4.80. The first-order chi connectivity index (χ1) is 9.08. The predicted molar refractivity (Wildman–Crippen MR) is 84.2 cm³/mol. The minimum Gasteiger partial charge on any atom is -0.389 e. The molecule has 4 nitrogen and oxygen atoms in total. The SMILES string of the molecule is CN(C)c1cccc(Nc2cnccc2C(N)=S)c1. The second kappa shape index (κ2) is 5.67.